The first-order valence-electron chi connectivity index (χ1n) is 8.23. The summed E-state index contributed by atoms with van der Waals surface area (Å²) in [5, 5.41) is 5.55. The fraction of sp³-hybridized carbons (Fsp3) is 0.158. The van der Waals surface area contributed by atoms with Gasteiger partial charge in [-0.3, -0.25) is 4.79 Å². The molecule has 28 heavy (non-hydrogen) atoms. The van der Waals surface area contributed by atoms with Gasteiger partial charge in [0.2, 0.25) is 0 Å². The van der Waals surface area contributed by atoms with Gasteiger partial charge >= 0.3 is 0 Å². The van der Waals surface area contributed by atoms with Gasteiger partial charge in [-0.15, -0.1) is 0 Å². The Morgan fingerprint density at radius 3 is 2.68 bits per heavy atom. The van der Waals surface area contributed by atoms with Crippen LogP contribution in [0.1, 0.15) is 17.1 Å². The monoisotopic (exact) mass is 434 g/mol. The van der Waals surface area contributed by atoms with Crippen molar-refractivity contribution in [1.29, 1.82) is 0 Å². The van der Waals surface area contributed by atoms with Crippen molar-refractivity contribution in [3.63, 3.8) is 0 Å². The second kappa shape index (κ2) is 9.23. The summed E-state index contributed by atoms with van der Waals surface area (Å²) in [6, 6.07) is 10.5. The predicted molar refractivity (Wildman–Crippen MR) is 112 cm³/mol. The molecule has 0 unspecified atom stereocenters. The molecule has 3 rings (SSSR count). The summed E-state index contributed by atoms with van der Waals surface area (Å²) in [6.45, 7) is 3.77. The maximum Gasteiger partial charge on any atom is 0.250 e. The second-order valence-electron chi connectivity index (χ2n) is 5.84. The molecule has 2 heterocycles. The van der Waals surface area contributed by atoms with E-state index >= 15 is 0 Å². The summed E-state index contributed by atoms with van der Waals surface area (Å²) in [5.41, 5.74) is 4.86. The van der Waals surface area contributed by atoms with Crippen molar-refractivity contribution in [2.75, 3.05) is 5.75 Å². The van der Waals surface area contributed by atoms with Gasteiger partial charge in [0.1, 0.15) is 11.5 Å². The van der Waals surface area contributed by atoms with E-state index in [1.807, 2.05) is 19.9 Å². The van der Waals surface area contributed by atoms with E-state index in [2.05, 4.69) is 20.5 Å². The molecular formula is C19H16Cl2N4O2S. The van der Waals surface area contributed by atoms with E-state index in [1.54, 1.807) is 30.3 Å². The molecule has 0 fully saturated rings. The maximum atomic E-state index is 11.9. The number of amides is 1. The van der Waals surface area contributed by atoms with Gasteiger partial charge in [-0.25, -0.2) is 15.4 Å². The van der Waals surface area contributed by atoms with Crippen LogP contribution in [0.25, 0.3) is 11.3 Å². The molecule has 0 aliphatic carbocycles. The fourth-order valence-electron chi connectivity index (χ4n) is 2.34. The van der Waals surface area contributed by atoms with Crippen molar-refractivity contribution in [3.05, 3.63) is 63.6 Å². The van der Waals surface area contributed by atoms with Crippen LogP contribution in [0.3, 0.4) is 0 Å². The maximum absolute atomic E-state index is 11.9. The van der Waals surface area contributed by atoms with Gasteiger partial charge in [-0.1, -0.05) is 35.0 Å². The summed E-state index contributed by atoms with van der Waals surface area (Å²) in [5.74, 6) is 0.912. The Balaban J connectivity index is 1.55. The predicted octanol–water partition coefficient (Wildman–Crippen LogP) is 4.90. The highest BCUT2D eigenvalue weighted by atomic mass is 35.5. The minimum absolute atomic E-state index is 0.155. The SMILES string of the molecule is Cc1cc(C)nc(SCC(=O)N/N=C\c2ccc(-c3cc(Cl)ccc3Cl)o2)n1. The number of aryl methyl sites for hydroxylation is 2. The molecule has 0 saturated heterocycles. The average molecular weight is 435 g/mol. The number of rotatable bonds is 6. The molecule has 0 bridgehead atoms. The number of furan rings is 1. The summed E-state index contributed by atoms with van der Waals surface area (Å²) in [6.07, 6.45) is 1.41. The summed E-state index contributed by atoms with van der Waals surface area (Å²) in [4.78, 5) is 20.5. The molecule has 6 nitrogen and oxygen atoms in total. The van der Waals surface area contributed by atoms with Gasteiger partial charge in [0.05, 0.1) is 17.0 Å². The first-order valence-corrected chi connectivity index (χ1v) is 9.97. The normalized spacial score (nSPS) is 11.1. The van der Waals surface area contributed by atoms with Crippen molar-refractivity contribution in [2.45, 2.75) is 19.0 Å². The number of carbonyl (C=O) groups is 1. The van der Waals surface area contributed by atoms with Gasteiger partial charge in [-0.2, -0.15) is 5.10 Å². The number of hydrazone groups is 1. The van der Waals surface area contributed by atoms with Crippen LogP contribution in [0.2, 0.25) is 10.0 Å². The molecule has 144 valence electrons. The molecule has 0 spiro atoms. The summed E-state index contributed by atoms with van der Waals surface area (Å²) < 4.78 is 5.67. The lowest BCUT2D eigenvalue weighted by Gasteiger charge is -2.02. The van der Waals surface area contributed by atoms with E-state index in [-0.39, 0.29) is 11.7 Å². The lowest BCUT2D eigenvalue weighted by Crippen LogP contribution is -2.19. The highest BCUT2D eigenvalue weighted by Crippen LogP contribution is 2.31. The van der Waals surface area contributed by atoms with Crippen LogP contribution in [-0.2, 0) is 4.79 Å². The van der Waals surface area contributed by atoms with Crippen LogP contribution in [0, 0.1) is 13.8 Å². The topological polar surface area (TPSA) is 80.4 Å². The molecule has 9 heteroatoms. The molecule has 3 aromatic rings. The van der Waals surface area contributed by atoms with E-state index in [0.717, 1.165) is 11.4 Å². The minimum atomic E-state index is -0.270. The van der Waals surface area contributed by atoms with Gasteiger partial charge in [0, 0.05) is 22.0 Å². The quantitative estimate of drug-likeness (QED) is 0.258. The molecule has 0 radical (unpaired) electrons. The zero-order valence-corrected chi connectivity index (χ0v) is 17.4. The standard InChI is InChI=1S/C19H16Cl2N4O2S/c1-11-7-12(2)24-19(23-11)28-10-18(26)25-22-9-14-4-6-17(27-14)15-8-13(20)3-5-16(15)21/h3-9H,10H2,1-2H3,(H,25,26)/b22-9-. The molecular weight excluding hydrogens is 419 g/mol. The van der Waals surface area contributed by atoms with Crippen LogP contribution in [0.4, 0.5) is 0 Å². The van der Waals surface area contributed by atoms with Gasteiger partial charge < -0.3 is 4.42 Å². The fourth-order valence-corrected chi connectivity index (χ4v) is 3.47. The van der Waals surface area contributed by atoms with Crippen LogP contribution in [-0.4, -0.2) is 27.8 Å². The number of carbonyl (C=O) groups excluding carboxylic acids is 1. The molecule has 0 atom stereocenters. The smallest absolute Gasteiger partial charge is 0.250 e. The van der Waals surface area contributed by atoms with E-state index in [9.17, 15) is 4.79 Å². The summed E-state index contributed by atoms with van der Waals surface area (Å²) >= 11 is 13.4. The number of hydrogen-bond donors (Lipinski definition) is 1. The third-order valence-corrected chi connectivity index (χ3v) is 4.91. The van der Waals surface area contributed by atoms with Crippen LogP contribution < -0.4 is 5.43 Å². The molecule has 1 aromatic carbocycles. The Labute approximate surface area is 176 Å². The Morgan fingerprint density at radius 1 is 1.18 bits per heavy atom. The van der Waals surface area contributed by atoms with E-state index in [4.69, 9.17) is 27.6 Å². The number of benzene rings is 1. The first-order chi connectivity index (χ1) is 13.4. The molecule has 0 saturated carbocycles. The van der Waals surface area contributed by atoms with E-state index < -0.39 is 0 Å². The third-order valence-electron chi connectivity index (χ3n) is 3.50. The molecule has 0 aliphatic rings. The average Bonchev–Trinajstić information content (AvgIpc) is 3.10. The number of nitrogens with zero attached hydrogens (tertiary/aromatic N) is 3. The Bertz CT molecular complexity index is 1020. The summed E-state index contributed by atoms with van der Waals surface area (Å²) in [7, 11) is 0. The Hall–Kier alpha value is -2.35. The lowest BCUT2D eigenvalue weighted by atomic mass is 10.2. The van der Waals surface area contributed by atoms with Crippen LogP contribution in [0.5, 0.6) is 0 Å². The molecule has 0 aliphatic heterocycles. The molecule has 1 N–H and O–H groups in total. The third kappa shape index (κ3) is 5.58. The van der Waals surface area contributed by atoms with Gasteiger partial charge in [-0.05, 0) is 50.2 Å². The number of nitrogens with one attached hydrogen (secondary N) is 1. The minimum Gasteiger partial charge on any atom is -0.455 e. The number of aromatic nitrogens is 2. The van der Waals surface area contributed by atoms with Crippen molar-refractivity contribution < 1.29 is 9.21 Å². The number of hydrogen-bond acceptors (Lipinski definition) is 6. The molecule has 2 aromatic heterocycles. The van der Waals surface area contributed by atoms with E-state index in [1.165, 1.54) is 18.0 Å². The lowest BCUT2D eigenvalue weighted by molar-refractivity contribution is -0.118. The number of halogens is 2. The second-order valence-corrected chi connectivity index (χ2v) is 7.63. The largest absolute Gasteiger partial charge is 0.455 e. The zero-order chi connectivity index (χ0) is 20.1. The van der Waals surface area contributed by atoms with Gasteiger partial charge in [0.15, 0.2) is 5.16 Å². The van der Waals surface area contributed by atoms with Gasteiger partial charge in [0.25, 0.3) is 5.91 Å². The van der Waals surface area contributed by atoms with Crippen molar-refractivity contribution in [3.8, 4) is 11.3 Å². The highest BCUT2D eigenvalue weighted by Gasteiger charge is 2.09. The van der Waals surface area contributed by atoms with Crippen molar-refractivity contribution in [1.82, 2.24) is 15.4 Å². The Kier molecular flexibility index (Phi) is 6.72. The van der Waals surface area contributed by atoms with Crippen molar-refractivity contribution in [2.24, 2.45) is 5.10 Å². The number of thioether (sulfide) groups is 1. The Morgan fingerprint density at radius 2 is 1.93 bits per heavy atom. The molecule has 1 amide bonds. The van der Waals surface area contributed by atoms with Crippen LogP contribution >= 0.6 is 35.0 Å². The zero-order valence-electron chi connectivity index (χ0n) is 15.1. The van der Waals surface area contributed by atoms with Crippen molar-refractivity contribution >= 4 is 47.1 Å². The first kappa shape index (κ1) is 20.4. The highest BCUT2D eigenvalue weighted by molar-refractivity contribution is 7.99. The van der Waals surface area contributed by atoms with Crippen LogP contribution in [0.15, 0.2) is 51.1 Å². The van der Waals surface area contributed by atoms with E-state index in [0.29, 0.717) is 32.3 Å².